The monoisotopic (exact) mass is 324 g/mol. The van der Waals surface area contributed by atoms with Crippen molar-refractivity contribution in [1.82, 2.24) is 20.0 Å². The summed E-state index contributed by atoms with van der Waals surface area (Å²) in [4.78, 5) is 28.5. The van der Waals surface area contributed by atoms with Crippen molar-refractivity contribution >= 4 is 17.0 Å². The molecule has 0 aliphatic heterocycles. The van der Waals surface area contributed by atoms with Crippen LogP contribution in [-0.2, 0) is 11.3 Å². The molecule has 1 N–H and O–H groups in total. The Morgan fingerprint density at radius 3 is 2.83 bits per heavy atom. The zero-order valence-electron chi connectivity index (χ0n) is 12.9. The molecular formula is C17H16N4O3. The average Bonchev–Trinajstić information content (AvgIpc) is 3.30. The van der Waals surface area contributed by atoms with E-state index in [1.54, 1.807) is 0 Å². The van der Waals surface area contributed by atoms with Crippen LogP contribution >= 0.6 is 0 Å². The number of hydrogen-bond donors (Lipinski definition) is 1. The number of nitrogens with zero attached hydrogens (tertiary/aromatic N) is 3. The molecule has 0 bridgehead atoms. The number of nitrogens with one attached hydrogen (secondary N) is 1. The smallest absolute Gasteiger partial charge is 0.299 e. The number of carbonyl (C=O) groups is 1. The standard InChI is InChI=1S/C17H16N4O3/c22-13(19-12-6-7-12)8-9-21-10-18-15-14(11-4-2-1-3-5-11)20-24-16(15)17(21)23/h1-5,10,12H,6-9H2,(H,19,22). The normalized spacial score (nSPS) is 14.0. The van der Waals surface area contributed by atoms with Gasteiger partial charge in [-0.1, -0.05) is 35.5 Å². The molecule has 0 radical (unpaired) electrons. The number of fused-ring (bicyclic) bond motifs is 1. The van der Waals surface area contributed by atoms with Crippen LogP contribution in [0.15, 0.2) is 46.0 Å². The van der Waals surface area contributed by atoms with E-state index in [0.717, 1.165) is 18.4 Å². The van der Waals surface area contributed by atoms with Gasteiger partial charge in [-0.05, 0) is 12.8 Å². The summed E-state index contributed by atoms with van der Waals surface area (Å²) in [6.07, 6.45) is 3.76. The van der Waals surface area contributed by atoms with E-state index in [1.807, 2.05) is 30.3 Å². The highest BCUT2D eigenvalue weighted by Crippen LogP contribution is 2.24. The molecule has 0 unspecified atom stereocenters. The summed E-state index contributed by atoms with van der Waals surface area (Å²) >= 11 is 0. The largest absolute Gasteiger partial charge is 0.353 e. The lowest BCUT2D eigenvalue weighted by Gasteiger charge is -2.05. The molecule has 122 valence electrons. The van der Waals surface area contributed by atoms with Crippen molar-refractivity contribution in [3.63, 3.8) is 0 Å². The summed E-state index contributed by atoms with van der Waals surface area (Å²) in [5.41, 5.74) is 1.60. The molecule has 3 aromatic rings. The Kier molecular flexibility index (Phi) is 3.60. The van der Waals surface area contributed by atoms with Crippen molar-refractivity contribution < 1.29 is 9.32 Å². The Bertz CT molecular complexity index is 941. The summed E-state index contributed by atoms with van der Waals surface area (Å²) in [6, 6.07) is 9.75. The third kappa shape index (κ3) is 2.80. The first-order valence-corrected chi connectivity index (χ1v) is 7.92. The molecular weight excluding hydrogens is 308 g/mol. The van der Waals surface area contributed by atoms with E-state index in [9.17, 15) is 9.59 Å². The molecule has 2 heterocycles. The van der Waals surface area contributed by atoms with Crippen molar-refractivity contribution in [3.8, 4) is 11.3 Å². The van der Waals surface area contributed by atoms with Gasteiger partial charge in [0.05, 0.1) is 6.33 Å². The maximum atomic E-state index is 12.5. The molecule has 1 fully saturated rings. The molecule has 0 saturated heterocycles. The summed E-state index contributed by atoms with van der Waals surface area (Å²) in [5, 5.41) is 6.88. The van der Waals surface area contributed by atoms with Gasteiger partial charge in [0.25, 0.3) is 11.1 Å². The third-order valence-electron chi connectivity index (χ3n) is 4.02. The maximum Gasteiger partial charge on any atom is 0.299 e. The molecule has 1 aliphatic carbocycles. The SMILES string of the molecule is O=C(CCn1cnc2c(-c3ccccc3)noc2c1=O)NC1CC1. The number of rotatable bonds is 5. The van der Waals surface area contributed by atoms with Crippen LogP contribution in [0, 0.1) is 0 Å². The summed E-state index contributed by atoms with van der Waals surface area (Å²) < 4.78 is 6.59. The molecule has 7 heteroatoms. The quantitative estimate of drug-likeness (QED) is 0.772. The highest BCUT2D eigenvalue weighted by molar-refractivity contribution is 5.87. The molecule has 2 aromatic heterocycles. The minimum Gasteiger partial charge on any atom is -0.353 e. The minimum absolute atomic E-state index is 0.0490. The first-order valence-electron chi connectivity index (χ1n) is 7.92. The molecule has 1 amide bonds. The molecule has 1 aliphatic rings. The molecule has 1 aromatic carbocycles. The van der Waals surface area contributed by atoms with Crippen molar-refractivity contribution in [2.45, 2.75) is 31.8 Å². The van der Waals surface area contributed by atoms with Gasteiger partial charge in [0.1, 0.15) is 11.2 Å². The number of aromatic nitrogens is 3. The van der Waals surface area contributed by atoms with Gasteiger partial charge in [-0.15, -0.1) is 0 Å². The Balaban J connectivity index is 1.59. The first-order chi connectivity index (χ1) is 11.7. The Morgan fingerprint density at radius 2 is 2.08 bits per heavy atom. The van der Waals surface area contributed by atoms with Crippen LogP contribution in [0.3, 0.4) is 0 Å². The second kappa shape index (κ2) is 5.92. The number of hydrogen-bond acceptors (Lipinski definition) is 5. The molecule has 4 rings (SSSR count). The van der Waals surface area contributed by atoms with E-state index >= 15 is 0 Å². The number of aryl methyl sites for hydroxylation is 1. The fourth-order valence-corrected chi connectivity index (χ4v) is 2.55. The van der Waals surface area contributed by atoms with Crippen LogP contribution in [0.5, 0.6) is 0 Å². The number of amides is 1. The third-order valence-corrected chi connectivity index (χ3v) is 4.02. The minimum atomic E-state index is -0.325. The van der Waals surface area contributed by atoms with Crippen molar-refractivity contribution in [2.75, 3.05) is 0 Å². The number of benzene rings is 1. The molecule has 1 saturated carbocycles. The van der Waals surface area contributed by atoms with E-state index < -0.39 is 0 Å². The van der Waals surface area contributed by atoms with Crippen LogP contribution in [0.25, 0.3) is 22.4 Å². The van der Waals surface area contributed by atoms with E-state index in [4.69, 9.17) is 4.52 Å². The topological polar surface area (TPSA) is 90.0 Å². The average molecular weight is 324 g/mol. The zero-order valence-corrected chi connectivity index (χ0v) is 12.9. The number of carbonyl (C=O) groups excluding carboxylic acids is 1. The summed E-state index contributed by atoms with van der Waals surface area (Å²) in [6.45, 7) is 0.266. The van der Waals surface area contributed by atoms with Gasteiger partial charge in [-0.2, -0.15) is 0 Å². The zero-order chi connectivity index (χ0) is 16.5. The predicted molar refractivity (Wildman–Crippen MR) is 87.3 cm³/mol. The van der Waals surface area contributed by atoms with Crippen LogP contribution in [0.4, 0.5) is 0 Å². The van der Waals surface area contributed by atoms with Crippen LogP contribution in [-0.4, -0.2) is 26.7 Å². The maximum absolute atomic E-state index is 12.5. The Morgan fingerprint density at radius 1 is 1.29 bits per heavy atom. The fourth-order valence-electron chi connectivity index (χ4n) is 2.55. The van der Waals surface area contributed by atoms with Crippen LogP contribution < -0.4 is 10.9 Å². The van der Waals surface area contributed by atoms with E-state index in [2.05, 4.69) is 15.5 Å². The first kappa shape index (κ1) is 14.6. The lowest BCUT2D eigenvalue weighted by Crippen LogP contribution is -2.28. The summed E-state index contributed by atoms with van der Waals surface area (Å²) in [7, 11) is 0. The molecule has 24 heavy (non-hydrogen) atoms. The van der Waals surface area contributed by atoms with Gasteiger partial charge in [-0.3, -0.25) is 14.2 Å². The lowest BCUT2D eigenvalue weighted by atomic mass is 10.1. The summed E-state index contributed by atoms with van der Waals surface area (Å²) in [5.74, 6) is -0.0490. The predicted octanol–water partition coefficient (Wildman–Crippen LogP) is 1.72. The van der Waals surface area contributed by atoms with Crippen molar-refractivity contribution in [3.05, 3.63) is 47.0 Å². The van der Waals surface area contributed by atoms with Gasteiger partial charge in [0.2, 0.25) is 5.91 Å². The molecule has 0 spiro atoms. The second-order valence-electron chi connectivity index (χ2n) is 5.91. The fraction of sp³-hybridized carbons (Fsp3) is 0.294. The highest BCUT2D eigenvalue weighted by atomic mass is 16.5. The molecule has 0 atom stereocenters. The van der Waals surface area contributed by atoms with Crippen LogP contribution in [0.2, 0.25) is 0 Å². The van der Waals surface area contributed by atoms with Gasteiger partial charge in [0.15, 0.2) is 0 Å². The van der Waals surface area contributed by atoms with Gasteiger partial charge in [-0.25, -0.2) is 4.98 Å². The van der Waals surface area contributed by atoms with E-state index in [-0.39, 0.29) is 30.0 Å². The van der Waals surface area contributed by atoms with E-state index in [1.165, 1.54) is 10.9 Å². The second-order valence-corrected chi connectivity index (χ2v) is 5.91. The molecule has 7 nitrogen and oxygen atoms in total. The lowest BCUT2D eigenvalue weighted by molar-refractivity contribution is -0.121. The van der Waals surface area contributed by atoms with Crippen molar-refractivity contribution in [2.24, 2.45) is 0 Å². The Labute approximate surface area is 137 Å². The van der Waals surface area contributed by atoms with Crippen molar-refractivity contribution in [1.29, 1.82) is 0 Å². The van der Waals surface area contributed by atoms with E-state index in [0.29, 0.717) is 17.3 Å². The van der Waals surface area contributed by atoms with Gasteiger partial charge < -0.3 is 9.84 Å². The Hall–Kier alpha value is -2.96. The highest BCUT2D eigenvalue weighted by Gasteiger charge is 2.23. The van der Waals surface area contributed by atoms with Gasteiger partial charge in [0, 0.05) is 24.6 Å². The van der Waals surface area contributed by atoms with Crippen LogP contribution in [0.1, 0.15) is 19.3 Å². The van der Waals surface area contributed by atoms with Gasteiger partial charge >= 0.3 is 0 Å².